The van der Waals surface area contributed by atoms with E-state index in [1.54, 1.807) is 0 Å². The number of aliphatic hydroxyl groups excluding tert-OH is 1. The standard InChI is InChI=1S/C14H27NO/c1-12-6-8-14(11-16,9-7-12)15-10-13-4-2-3-5-13/h12-13,15-16H,2-11H2,1H3. The van der Waals surface area contributed by atoms with Crippen LogP contribution in [0.1, 0.15) is 58.3 Å². The van der Waals surface area contributed by atoms with Crippen LogP contribution in [-0.4, -0.2) is 23.8 Å². The van der Waals surface area contributed by atoms with Crippen LogP contribution in [0.15, 0.2) is 0 Å². The summed E-state index contributed by atoms with van der Waals surface area (Å²) in [6.45, 7) is 3.79. The van der Waals surface area contributed by atoms with Gasteiger partial charge < -0.3 is 10.4 Å². The molecular formula is C14H27NO. The molecule has 2 rings (SSSR count). The molecular weight excluding hydrogens is 198 g/mol. The smallest absolute Gasteiger partial charge is 0.0613 e. The number of nitrogens with one attached hydrogen (secondary N) is 1. The highest BCUT2D eigenvalue weighted by molar-refractivity contribution is 4.92. The zero-order valence-electron chi connectivity index (χ0n) is 10.7. The average Bonchev–Trinajstić information content (AvgIpc) is 2.82. The van der Waals surface area contributed by atoms with Crippen molar-refractivity contribution in [3.8, 4) is 0 Å². The van der Waals surface area contributed by atoms with Crippen molar-refractivity contribution < 1.29 is 5.11 Å². The van der Waals surface area contributed by atoms with Gasteiger partial charge in [-0.2, -0.15) is 0 Å². The SMILES string of the molecule is CC1CCC(CO)(NCC2CCCC2)CC1. The lowest BCUT2D eigenvalue weighted by molar-refractivity contribution is 0.101. The molecule has 0 spiro atoms. The molecule has 0 amide bonds. The molecule has 0 aromatic heterocycles. The zero-order valence-corrected chi connectivity index (χ0v) is 10.7. The molecule has 0 radical (unpaired) electrons. The highest BCUT2D eigenvalue weighted by atomic mass is 16.3. The van der Waals surface area contributed by atoms with E-state index in [4.69, 9.17) is 0 Å². The van der Waals surface area contributed by atoms with Crippen molar-refractivity contribution in [2.24, 2.45) is 11.8 Å². The molecule has 0 atom stereocenters. The van der Waals surface area contributed by atoms with Crippen LogP contribution in [-0.2, 0) is 0 Å². The molecule has 0 bridgehead atoms. The monoisotopic (exact) mass is 225 g/mol. The zero-order chi connectivity index (χ0) is 11.4. The van der Waals surface area contributed by atoms with Crippen molar-refractivity contribution in [2.75, 3.05) is 13.2 Å². The fraction of sp³-hybridized carbons (Fsp3) is 1.00. The first-order valence-corrected chi connectivity index (χ1v) is 7.10. The third-order valence-electron chi connectivity index (χ3n) is 4.77. The van der Waals surface area contributed by atoms with E-state index in [-0.39, 0.29) is 5.54 Å². The van der Waals surface area contributed by atoms with Crippen molar-refractivity contribution in [1.29, 1.82) is 0 Å². The predicted molar refractivity (Wildman–Crippen MR) is 67.4 cm³/mol. The molecule has 2 aliphatic rings. The van der Waals surface area contributed by atoms with E-state index in [1.807, 2.05) is 0 Å². The van der Waals surface area contributed by atoms with Gasteiger partial charge in [-0.15, -0.1) is 0 Å². The topological polar surface area (TPSA) is 32.3 Å². The Hall–Kier alpha value is -0.0800. The minimum atomic E-state index is 0.0646. The van der Waals surface area contributed by atoms with Gasteiger partial charge in [-0.05, 0) is 56.9 Å². The van der Waals surface area contributed by atoms with Crippen LogP contribution in [0.25, 0.3) is 0 Å². The number of hydrogen-bond donors (Lipinski definition) is 2. The van der Waals surface area contributed by atoms with Crippen LogP contribution in [0.2, 0.25) is 0 Å². The first-order valence-electron chi connectivity index (χ1n) is 7.10. The van der Waals surface area contributed by atoms with Crippen LogP contribution in [0.5, 0.6) is 0 Å². The summed E-state index contributed by atoms with van der Waals surface area (Å²) >= 11 is 0. The molecule has 94 valence electrons. The summed E-state index contributed by atoms with van der Waals surface area (Å²) < 4.78 is 0. The fourth-order valence-corrected chi connectivity index (χ4v) is 3.28. The van der Waals surface area contributed by atoms with Crippen molar-refractivity contribution in [1.82, 2.24) is 5.32 Å². The van der Waals surface area contributed by atoms with Gasteiger partial charge in [0.15, 0.2) is 0 Å². The molecule has 2 nitrogen and oxygen atoms in total. The van der Waals surface area contributed by atoms with Crippen LogP contribution in [0.3, 0.4) is 0 Å². The molecule has 2 saturated carbocycles. The van der Waals surface area contributed by atoms with Crippen LogP contribution in [0.4, 0.5) is 0 Å². The molecule has 16 heavy (non-hydrogen) atoms. The summed E-state index contributed by atoms with van der Waals surface area (Å²) in [6.07, 6.45) is 10.5. The average molecular weight is 225 g/mol. The van der Waals surface area contributed by atoms with E-state index in [0.29, 0.717) is 6.61 Å². The van der Waals surface area contributed by atoms with E-state index in [0.717, 1.165) is 31.2 Å². The summed E-state index contributed by atoms with van der Waals surface area (Å²) in [5.41, 5.74) is 0.0646. The maximum Gasteiger partial charge on any atom is 0.0613 e. The molecule has 0 aromatic carbocycles. The minimum Gasteiger partial charge on any atom is -0.394 e. The highest BCUT2D eigenvalue weighted by Crippen LogP contribution is 2.32. The third-order valence-corrected chi connectivity index (χ3v) is 4.77. The summed E-state index contributed by atoms with van der Waals surface area (Å²) in [6, 6.07) is 0. The van der Waals surface area contributed by atoms with Gasteiger partial charge in [-0.1, -0.05) is 19.8 Å². The van der Waals surface area contributed by atoms with Gasteiger partial charge in [0.2, 0.25) is 0 Å². The maximum absolute atomic E-state index is 9.64. The Bertz CT molecular complexity index is 203. The number of hydrogen-bond acceptors (Lipinski definition) is 2. The molecule has 0 saturated heterocycles. The Morgan fingerprint density at radius 1 is 1.12 bits per heavy atom. The number of aliphatic hydroxyl groups is 1. The third kappa shape index (κ3) is 2.98. The van der Waals surface area contributed by atoms with Gasteiger partial charge in [-0.3, -0.25) is 0 Å². The van der Waals surface area contributed by atoms with Gasteiger partial charge in [0.05, 0.1) is 6.61 Å². The van der Waals surface area contributed by atoms with Crippen molar-refractivity contribution in [3.05, 3.63) is 0 Å². The predicted octanol–water partition coefficient (Wildman–Crippen LogP) is 2.71. The fourth-order valence-electron chi connectivity index (χ4n) is 3.28. The normalized spacial score (nSPS) is 36.8. The maximum atomic E-state index is 9.64. The van der Waals surface area contributed by atoms with E-state index >= 15 is 0 Å². The summed E-state index contributed by atoms with van der Waals surface area (Å²) in [7, 11) is 0. The molecule has 2 heteroatoms. The van der Waals surface area contributed by atoms with E-state index < -0.39 is 0 Å². The first kappa shape index (κ1) is 12.4. The Morgan fingerprint density at radius 2 is 1.75 bits per heavy atom. The molecule has 2 aliphatic carbocycles. The van der Waals surface area contributed by atoms with E-state index in [2.05, 4.69) is 12.2 Å². The van der Waals surface area contributed by atoms with Gasteiger partial charge in [0, 0.05) is 5.54 Å². The Kier molecular flexibility index (Phi) is 4.26. The lowest BCUT2D eigenvalue weighted by Gasteiger charge is -2.39. The Morgan fingerprint density at radius 3 is 2.31 bits per heavy atom. The lowest BCUT2D eigenvalue weighted by atomic mass is 9.77. The van der Waals surface area contributed by atoms with E-state index in [9.17, 15) is 5.11 Å². The van der Waals surface area contributed by atoms with Gasteiger partial charge in [-0.25, -0.2) is 0 Å². The molecule has 0 aliphatic heterocycles. The van der Waals surface area contributed by atoms with E-state index in [1.165, 1.54) is 38.5 Å². The molecule has 0 aromatic rings. The van der Waals surface area contributed by atoms with Gasteiger partial charge >= 0.3 is 0 Å². The summed E-state index contributed by atoms with van der Waals surface area (Å²) in [5.74, 6) is 1.73. The van der Waals surface area contributed by atoms with Crippen molar-refractivity contribution in [2.45, 2.75) is 63.8 Å². The lowest BCUT2D eigenvalue weighted by Crippen LogP contribution is -2.52. The minimum absolute atomic E-state index is 0.0646. The van der Waals surface area contributed by atoms with Crippen LogP contribution >= 0.6 is 0 Å². The van der Waals surface area contributed by atoms with Crippen molar-refractivity contribution in [3.63, 3.8) is 0 Å². The molecule has 0 unspecified atom stereocenters. The summed E-state index contributed by atoms with van der Waals surface area (Å²) in [5, 5.41) is 13.3. The Balaban J connectivity index is 1.79. The van der Waals surface area contributed by atoms with Gasteiger partial charge in [0.1, 0.15) is 0 Å². The molecule has 0 heterocycles. The first-order chi connectivity index (χ1) is 7.74. The highest BCUT2D eigenvalue weighted by Gasteiger charge is 2.33. The Labute approximate surface area is 99.8 Å². The van der Waals surface area contributed by atoms with Crippen molar-refractivity contribution >= 4 is 0 Å². The second kappa shape index (κ2) is 5.50. The van der Waals surface area contributed by atoms with Crippen LogP contribution in [0, 0.1) is 11.8 Å². The number of rotatable bonds is 4. The van der Waals surface area contributed by atoms with Gasteiger partial charge in [0.25, 0.3) is 0 Å². The van der Waals surface area contributed by atoms with Crippen LogP contribution < -0.4 is 5.32 Å². The largest absolute Gasteiger partial charge is 0.394 e. The second-order valence-corrected chi connectivity index (χ2v) is 6.15. The molecule has 2 fully saturated rings. The quantitative estimate of drug-likeness (QED) is 0.771. The second-order valence-electron chi connectivity index (χ2n) is 6.15. The summed E-state index contributed by atoms with van der Waals surface area (Å²) in [4.78, 5) is 0. The molecule has 2 N–H and O–H groups in total.